The van der Waals surface area contributed by atoms with E-state index in [9.17, 15) is 9.59 Å². The molecule has 0 radical (unpaired) electrons. The molecule has 0 amide bonds. The fraction of sp³-hybridized carbons (Fsp3) is 0.333. The van der Waals surface area contributed by atoms with Crippen LogP contribution in [0.5, 0.6) is 0 Å². The Hall–Kier alpha value is -2.22. The second kappa shape index (κ2) is 7.56. The Morgan fingerprint density at radius 2 is 1.59 bits per heavy atom. The summed E-state index contributed by atoms with van der Waals surface area (Å²) >= 11 is 5.85. The Bertz CT molecular complexity index is 956. The van der Waals surface area contributed by atoms with E-state index in [-0.39, 0.29) is 22.2 Å². The van der Waals surface area contributed by atoms with Crippen molar-refractivity contribution in [2.24, 2.45) is 0 Å². The molecule has 1 saturated heterocycles. The number of ether oxygens (including phenoxy) is 1. The Labute approximate surface area is 174 Å². The van der Waals surface area contributed by atoms with Gasteiger partial charge in [0.05, 0.1) is 29.4 Å². The first-order chi connectivity index (χ1) is 13.5. The number of esters is 1. The first-order valence-corrected chi connectivity index (χ1v) is 9.42. The van der Waals surface area contributed by atoms with E-state index in [1.54, 1.807) is 0 Å². The summed E-state index contributed by atoms with van der Waals surface area (Å²) < 4.78 is 31.7. The number of hydrogen-bond donors (Lipinski definition) is 0. The molecule has 29 heavy (non-hydrogen) atoms. The van der Waals surface area contributed by atoms with Crippen LogP contribution in [0.4, 0.5) is 4.39 Å². The van der Waals surface area contributed by atoms with E-state index in [1.165, 1.54) is 30.3 Å². The number of rotatable bonds is 4. The number of methoxy groups -OCH3 is 1. The van der Waals surface area contributed by atoms with Crippen molar-refractivity contribution in [3.05, 3.63) is 63.9 Å². The molecule has 2 aromatic rings. The third kappa shape index (κ3) is 3.95. The summed E-state index contributed by atoms with van der Waals surface area (Å²) in [5.41, 5.74) is -1.37. The fourth-order valence-corrected chi connectivity index (χ4v) is 3.12. The van der Waals surface area contributed by atoms with Crippen LogP contribution in [-0.4, -0.2) is 37.2 Å². The van der Waals surface area contributed by atoms with Gasteiger partial charge in [-0.3, -0.25) is 4.79 Å². The van der Waals surface area contributed by atoms with Crippen LogP contribution in [0.15, 0.2) is 36.4 Å². The lowest BCUT2D eigenvalue weighted by Gasteiger charge is -2.32. The molecule has 0 bridgehead atoms. The number of ketones is 1. The molecule has 2 aromatic carbocycles. The molecule has 1 fully saturated rings. The summed E-state index contributed by atoms with van der Waals surface area (Å²) in [6.45, 7) is 7.46. The lowest BCUT2D eigenvalue weighted by molar-refractivity contribution is 0.00578. The van der Waals surface area contributed by atoms with Gasteiger partial charge in [-0.25, -0.2) is 9.18 Å². The van der Waals surface area contributed by atoms with Crippen LogP contribution >= 0.6 is 11.6 Å². The minimum atomic E-state index is -0.891. The molecule has 0 aromatic heterocycles. The second-order valence-electron chi connectivity index (χ2n) is 7.84. The smallest absolute Gasteiger partial charge is 0.465 e. The van der Waals surface area contributed by atoms with Gasteiger partial charge < -0.3 is 14.0 Å². The van der Waals surface area contributed by atoms with Crippen molar-refractivity contribution >= 4 is 35.9 Å². The minimum Gasteiger partial charge on any atom is -0.465 e. The van der Waals surface area contributed by atoms with Crippen LogP contribution in [0.2, 0.25) is 5.02 Å². The third-order valence-corrected chi connectivity index (χ3v) is 5.63. The highest BCUT2D eigenvalue weighted by molar-refractivity contribution is 6.62. The van der Waals surface area contributed by atoms with E-state index in [4.69, 9.17) is 25.6 Å². The molecule has 1 heterocycles. The zero-order valence-electron chi connectivity index (χ0n) is 16.8. The first-order valence-electron chi connectivity index (χ1n) is 9.04. The first kappa shape index (κ1) is 21.5. The second-order valence-corrected chi connectivity index (χ2v) is 8.28. The van der Waals surface area contributed by atoms with E-state index in [1.807, 2.05) is 27.7 Å². The molecule has 5 nitrogen and oxygen atoms in total. The van der Waals surface area contributed by atoms with Crippen molar-refractivity contribution in [2.45, 2.75) is 38.9 Å². The van der Waals surface area contributed by atoms with E-state index < -0.39 is 35.9 Å². The molecular formula is C21H21BClFO5. The van der Waals surface area contributed by atoms with Crippen molar-refractivity contribution in [3.8, 4) is 0 Å². The molecule has 152 valence electrons. The van der Waals surface area contributed by atoms with Gasteiger partial charge in [-0.1, -0.05) is 11.6 Å². The summed E-state index contributed by atoms with van der Waals surface area (Å²) in [7, 11) is 0.274. The van der Waals surface area contributed by atoms with Gasteiger partial charge >= 0.3 is 13.1 Å². The van der Waals surface area contributed by atoms with Crippen LogP contribution in [0.3, 0.4) is 0 Å². The van der Waals surface area contributed by atoms with Gasteiger partial charge in [0, 0.05) is 10.6 Å². The highest BCUT2D eigenvalue weighted by Crippen LogP contribution is 2.36. The third-order valence-electron chi connectivity index (χ3n) is 5.38. The van der Waals surface area contributed by atoms with Crippen LogP contribution in [-0.2, 0) is 14.0 Å². The lowest BCUT2D eigenvalue weighted by Crippen LogP contribution is -2.41. The molecule has 8 heteroatoms. The monoisotopic (exact) mass is 418 g/mol. The molecule has 3 rings (SSSR count). The molecule has 0 aliphatic carbocycles. The van der Waals surface area contributed by atoms with Crippen molar-refractivity contribution < 1.29 is 28.0 Å². The van der Waals surface area contributed by atoms with Crippen LogP contribution < -0.4 is 5.46 Å². The van der Waals surface area contributed by atoms with E-state index >= 15 is 4.39 Å². The summed E-state index contributed by atoms with van der Waals surface area (Å²) in [4.78, 5) is 25.3. The zero-order valence-corrected chi connectivity index (χ0v) is 17.6. The SMILES string of the molecule is COC(=O)c1cc(B2OC(C)(C)C(C)(C)O2)cc(F)c1C(=O)c1ccc(Cl)cc1. The van der Waals surface area contributed by atoms with Gasteiger partial charge in [-0.2, -0.15) is 0 Å². The number of carbonyl (C=O) groups is 2. The van der Waals surface area contributed by atoms with Gasteiger partial charge in [-0.05, 0) is 69.6 Å². The predicted molar refractivity (Wildman–Crippen MR) is 108 cm³/mol. The largest absolute Gasteiger partial charge is 0.494 e. The highest BCUT2D eigenvalue weighted by atomic mass is 35.5. The summed E-state index contributed by atoms with van der Waals surface area (Å²) in [6.07, 6.45) is 0. The van der Waals surface area contributed by atoms with E-state index in [0.29, 0.717) is 5.02 Å². The number of benzene rings is 2. The van der Waals surface area contributed by atoms with Crippen LogP contribution in [0, 0.1) is 5.82 Å². The van der Waals surface area contributed by atoms with E-state index in [2.05, 4.69) is 0 Å². The minimum absolute atomic E-state index is 0.196. The topological polar surface area (TPSA) is 61.8 Å². The van der Waals surface area contributed by atoms with Gasteiger partial charge in [0.25, 0.3) is 0 Å². The predicted octanol–water partition coefficient (Wildman–Crippen LogP) is 3.80. The average Bonchev–Trinajstić information content (AvgIpc) is 2.88. The lowest BCUT2D eigenvalue weighted by atomic mass is 9.77. The Balaban J connectivity index is 2.08. The van der Waals surface area contributed by atoms with Gasteiger partial charge in [0.15, 0.2) is 5.78 Å². The maximum absolute atomic E-state index is 15.1. The number of carbonyl (C=O) groups excluding carboxylic acids is 2. The van der Waals surface area contributed by atoms with Gasteiger partial charge in [-0.15, -0.1) is 0 Å². The molecule has 1 aliphatic rings. The summed E-state index contributed by atoms with van der Waals surface area (Å²) in [5.74, 6) is -2.35. The molecule has 0 N–H and O–H groups in total. The Morgan fingerprint density at radius 1 is 1.03 bits per heavy atom. The highest BCUT2D eigenvalue weighted by Gasteiger charge is 2.52. The quantitative estimate of drug-likeness (QED) is 0.429. The average molecular weight is 419 g/mol. The normalized spacial score (nSPS) is 17.3. The Kier molecular flexibility index (Phi) is 5.60. The number of halogens is 2. The molecule has 1 aliphatic heterocycles. The standard InChI is InChI=1S/C21H21BClFO5/c1-20(2)21(3,4)29-22(28-20)13-10-15(19(26)27-5)17(16(24)11-13)18(25)12-6-8-14(23)9-7-12/h6-11H,1-5H3. The van der Waals surface area contributed by atoms with E-state index in [0.717, 1.165) is 13.2 Å². The molecular weight excluding hydrogens is 397 g/mol. The molecule has 0 spiro atoms. The fourth-order valence-electron chi connectivity index (χ4n) is 2.99. The van der Waals surface area contributed by atoms with Crippen molar-refractivity contribution in [1.29, 1.82) is 0 Å². The zero-order chi connectivity index (χ0) is 21.6. The molecule has 0 saturated carbocycles. The Morgan fingerprint density at radius 3 is 2.10 bits per heavy atom. The van der Waals surface area contributed by atoms with Gasteiger partial charge in [0.1, 0.15) is 5.82 Å². The maximum atomic E-state index is 15.1. The van der Waals surface area contributed by atoms with Crippen molar-refractivity contribution in [1.82, 2.24) is 0 Å². The number of hydrogen-bond acceptors (Lipinski definition) is 5. The maximum Gasteiger partial charge on any atom is 0.494 e. The summed E-state index contributed by atoms with van der Waals surface area (Å²) in [5, 5.41) is 0.436. The summed E-state index contributed by atoms with van der Waals surface area (Å²) in [6, 6.07) is 8.49. The van der Waals surface area contributed by atoms with Crippen molar-refractivity contribution in [3.63, 3.8) is 0 Å². The molecule has 0 atom stereocenters. The van der Waals surface area contributed by atoms with Crippen molar-refractivity contribution in [2.75, 3.05) is 7.11 Å². The molecule has 0 unspecified atom stereocenters. The van der Waals surface area contributed by atoms with Crippen LogP contribution in [0.25, 0.3) is 0 Å². The van der Waals surface area contributed by atoms with Crippen LogP contribution in [0.1, 0.15) is 54.0 Å². The van der Waals surface area contributed by atoms with Gasteiger partial charge in [0.2, 0.25) is 0 Å².